The minimum Gasteiger partial charge on any atom is -0.310 e. The minimum absolute atomic E-state index is 0.941. The number of hydrogen-bond donors (Lipinski definition) is 0. The summed E-state index contributed by atoms with van der Waals surface area (Å²) in [4.78, 5) is 4.82. The van der Waals surface area contributed by atoms with Crippen molar-refractivity contribution in [3.8, 4) is 11.1 Å². The van der Waals surface area contributed by atoms with Crippen LogP contribution in [-0.2, 0) is 12.8 Å². The first kappa shape index (κ1) is 50.3. The van der Waals surface area contributed by atoms with Gasteiger partial charge in [-0.1, -0.05) is 257 Å². The van der Waals surface area contributed by atoms with Gasteiger partial charge in [0.15, 0.2) is 0 Å². The average molecular weight is 981 g/mol. The summed E-state index contributed by atoms with van der Waals surface area (Å²) in [6.07, 6.45) is 19.5. The normalized spacial score (nSPS) is 11.6. The highest BCUT2D eigenvalue weighted by molar-refractivity contribution is 5.89. The summed E-state index contributed by atoms with van der Waals surface area (Å²) in [5.41, 5.74) is 23.8. The van der Waals surface area contributed by atoms with Crippen LogP contribution in [0, 0.1) is 13.8 Å². The second kappa shape index (κ2) is 24.2. The first-order valence-corrected chi connectivity index (χ1v) is 26.6. The van der Waals surface area contributed by atoms with Gasteiger partial charge in [0.25, 0.3) is 0 Å². The highest BCUT2D eigenvalue weighted by atomic mass is 15.2. The highest BCUT2D eigenvalue weighted by Crippen LogP contribution is 2.41. The lowest BCUT2D eigenvalue weighted by Crippen LogP contribution is -2.13. The molecule has 0 radical (unpaired) electrons. The molecule has 0 unspecified atom stereocenters. The van der Waals surface area contributed by atoms with E-state index in [0.29, 0.717) is 0 Å². The van der Waals surface area contributed by atoms with Gasteiger partial charge in [0, 0.05) is 22.7 Å². The molecule has 0 aliphatic heterocycles. The van der Waals surface area contributed by atoms with E-state index in [-0.39, 0.29) is 0 Å². The van der Waals surface area contributed by atoms with Crippen LogP contribution in [0.2, 0.25) is 0 Å². The predicted molar refractivity (Wildman–Crippen MR) is 331 cm³/mol. The van der Waals surface area contributed by atoms with E-state index in [1.807, 2.05) is 0 Å². The van der Waals surface area contributed by atoms with Gasteiger partial charge < -0.3 is 9.80 Å². The molecule has 0 atom stereocenters. The Bertz CT molecular complexity index is 3390. The van der Waals surface area contributed by atoms with Gasteiger partial charge in [0.1, 0.15) is 0 Å². The molecule has 0 spiro atoms. The van der Waals surface area contributed by atoms with Crippen molar-refractivity contribution in [2.75, 3.05) is 9.80 Å². The van der Waals surface area contributed by atoms with E-state index in [2.05, 4.69) is 329 Å². The fourth-order valence-corrected chi connectivity index (χ4v) is 10.1. The molecule has 0 N–H and O–H groups in total. The van der Waals surface area contributed by atoms with Crippen LogP contribution in [0.1, 0.15) is 80.6 Å². The lowest BCUT2D eigenvalue weighted by molar-refractivity contribution is 1.10. The van der Waals surface area contributed by atoms with Gasteiger partial charge in [-0.3, -0.25) is 0 Å². The molecule has 0 saturated carbocycles. The van der Waals surface area contributed by atoms with Gasteiger partial charge in [-0.15, -0.1) is 0 Å². The Labute approximate surface area is 451 Å². The summed E-state index contributed by atoms with van der Waals surface area (Å²) in [5, 5.41) is 0. The Morgan fingerprint density at radius 1 is 0.263 bits per heavy atom. The fourth-order valence-electron chi connectivity index (χ4n) is 10.1. The average Bonchev–Trinajstić information content (AvgIpc) is 3.50. The van der Waals surface area contributed by atoms with Gasteiger partial charge in [0.05, 0.1) is 11.4 Å². The van der Waals surface area contributed by atoms with E-state index in [0.717, 1.165) is 69.0 Å². The van der Waals surface area contributed by atoms with E-state index >= 15 is 0 Å². The predicted octanol–water partition coefficient (Wildman–Crippen LogP) is 20.7. The lowest BCUT2D eigenvalue weighted by atomic mass is 9.94. The maximum atomic E-state index is 2.41. The molecule has 0 aliphatic carbocycles. The van der Waals surface area contributed by atoms with Gasteiger partial charge in [-0.2, -0.15) is 0 Å². The molecule has 370 valence electrons. The lowest BCUT2D eigenvalue weighted by Gasteiger charge is -2.29. The van der Waals surface area contributed by atoms with Gasteiger partial charge in [-0.25, -0.2) is 0 Å². The molecule has 10 aromatic carbocycles. The number of para-hydroxylation sites is 2. The van der Waals surface area contributed by atoms with Crippen LogP contribution >= 0.6 is 0 Å². The molecule has 10 rings (SSSR count). The third kappa shape index (κ3) is 11.9. The zero-order valence-electron chi connectivity index (χ0n) is 44.0. The van der Waals surface area contributed by atoms with Crippen molar-refractivity contribution in [3.05, 3.63) is 309 Å². The zero-order chi connectivity index (χ0) is 52.1. The molecule has 0 aromatic heterocycles. The molecule has 0 heterocycles. The Morgan fingerprint density at radius 3 is 0.855 bits per heavy atom. The maximum absolute atomic E-state index is 2.41. The molecule has 10 aromatic rings. The van der Waals surface area contributed by atoms with Crippen molar-refractivity contribution >= 4 is 82.7 Å². The molecule has 2 nitrogen and oxygen atoms in total. The number of rotatable bonds is 17. The zero-order valence-corrected chi connectivity index (χ0v) is 44.0. The summed E-state index contributed by atoms with van der Waals surface area (Å²) in [6, 6.07) is 87.3. The number of anilines is 6. The van der Waals surface area contributed by atoms with E-state index in [4.69, 9.17) is 0 Å². The van der Waals surface area contributed by atoms with Crippen molar-refractivity contribution in [3.63, 3.8) is 0 Å². The summed E-state index contributed by atoms with van der Waals surface area (Å²) in [6.45, 7) is 8.91. The van der Waals surface area contributed by atoms with Crippen LogP contribution in [0.4, 0.5) is 34.1 Å². The number of benzene rings is 10. The van der Waals surface area contributed by atoms with Crippen LogP contribution in [0.15, 0.2) is 243 Å². The highest BCUT2D eigenvalue weighted by Gasteiger charge is 2.20. The first-order valence-electron chi connectivity index (χ1n) is 26.6. The van der Waals surface area contributed by atoms with Crippen LogP contribution in [-0.4, -0.2) is 0 Å². The van der Waals surface area contributed by atoms with Crippen molar-refractivity contribution in [1.82, 2.24) is 0 Å². The van der Waals surface area contributed by atoms with Crippen LogP contribution in [0.5, 0.6) is 0 Å². The Kier molecular flexibility index (Phi) is 16.0. The van der Waals surface area contributed by atoms with Crippen LogP contribution < -0.4 is 9.80 Å². The molecule has 0 fully saturated rings. The molecule has 0 bridgehead atoms. The quantitative estimate of drug-likeness (QED) is 0.0839. The Balaban J connectivity index is 0.890. The smallest absolute Gasteiger partial charge is 0.0522 e. The molecule has 0 saturated heterocycles. The number of hydrogen-bond acceptors (Lipinski definition) is 2. The molecular weight excluding hydrogens is 917 g/mol. The van der Waals surface area contributed by atoms with Crippen LogP contribution in [0.3, 0.4) is 0 Å². The molecule has 0 amide bonds. The second-order valence-corrected chi connectivity index (χ2v) is 19.2. The van der Waals surface area contributed by atoms with Gasteiger partial charge >= 0.3 is 0 Å². The number of nitrogens with zero attached hydrogens (tertiary/aromatic N) is 2. The standard InChI is InChI=1S/C74H64N2/c1-5-63-27-17-19-55(3)73(63)75(67-47-37-59(38-48-67)33-31-57-21-9-7-10-22-57)69-51-41-61(42-52-69)35-45-65-25-13-15-29-71(65)72-30-16-14-26-66(72)46-36-62-43-53-70(54-44-62)76(74-56(4)20-18-28-64(74)6-2)68-49-39-60(40-50-68)34-32-58-23-11-8-12-24-58/h7-54H,5-6H2,1-4H3. The third-order valence-corrected chi connectivity index (χ3v) is 14.1. The second-order valence-electron chi connectivity index (χ2n) is 19.2. The molecular formula is C74H64N2. The Hall–Kier alpha value is -9.24. The molecule has 76 heavy (non-hydrogen) atoms. The molecule has 2 heteroatoms. The van der Waals surface area contributed by atoms with Crippen molar-refractivity contribution in [1.29, 1.82) is 0 Å². The first-order chi connectivity index (χ1) is 37.4. The van der Waals surface area contributed by atoms with Crippen molar-refractivity contribution < 1.29 is 0 Å². The topological polar surface area (TPSA) is 6.48 Å². The van der Waals surface area contributed by atoms with Crippen LogP contribution in [0.25, 0.3) is 59.7 Å². The van der Waals surface area contributed by atoms with Gasteiger partial charge in [0.2, 0.25) is 0 Å². The SMILES string of the molecule is CCc1cccc(C)c1N(c1ccc(C=Cc2ccccc2)cc1)c1ccc(C=Cc2ccccc2-c2ccccc2C=Cc2ccc(N(c3ccc(C=Cc4ccccc4)cc3)c3c(C)cccc3CC)cc2)cc1. The number of aryl methyl sites for hydroxylation is 4. The monoisotopic (exact) mass is 981 g/mol. The minimum atomic E-state index is 0.941. The summed E-state index contributed by atoms with van der Waals surface area (Å²) >= 11 is 0. The Morgan fingerprint density at radius 2 is 0.539 bits per heavy atom. The summed E-state index contributed by atoms with van der Waals surface area (Å²) in [5.74, 6) is 0. The summed E-state index contributed by atoms with van der Waals surface area (Å²) in [7, 11) is 0. The third-order valence-electron chi connectivity index (χ3n) is 14.1. The van der Waals surface area contributed by atoms with E-state index in [1.54, 1.807) is 0 Å². The molecule has 0 aliphatic rings. The van der Waals surface area contributed by atoms with Gasteiger partial charge in [-0.05, 0) is 153 Å². The summed E-state index contributed by atoms with van der Waals surface area (Å²) < 4.78 is 0. The van der Waals surface area contributed by atoms with Crippen molar-refractivity contribution in [2.24, 2.45) is 0 Å². The van der Waals surface area contributed by atoms with E-state index in [1.165, 1.54) is 55.9 Å². The van der Waals surface area contributed by atoms with E-state index < -0.39 is 0 Å². The largest absolute Gasteiger partial charge is 0.310 e. The van der Waals surface area contributed by atoms with E-state index in [9.17, 15) is 0 Å². The van der Waals surface area contributed by atoms with Crippen molar-refractivity contribution in [2.45, 2.75) is 40.5 Å². The fraction of sp³-hybridized carbons (Fsp3) is 0.0811. The maximum Gasteiger partial charge on any atom is 0.0522 e.